The third kappa shape index (κ3) is 6.47. The van der Waals surface area contributed by atoms with Crippen LogP contribution in [0.3, 0.4) is 0 Å². The number of hydrogen-bond donors (Lipinski definition) is 1. The molecule has 0 aliphatic carbocycles. The van der Waals surface area contributed by atoms with E-state index >= 15 is 0 Å². The molecule has 2 heterocycles. The van der Waals surface area contributed by atoms with Gasteiger partial charge in [-0.25, -0.2) is 4.39 Å². The molecule has 0 amide bonds. The van der Waals surface area contributed by atoms with Crippen molar-refractivity contribution in [3.8, 4) is 5.75 Å². The minimum Gasteiger partial charge on any atom is -0.493 e. The SMILES string of the molecule is C=C1C(=N)N(SI)C=C1c1cccc(F)c1OC.CC.CCN1CCOCC1. The number of benzene rings is 1. The monoisotopic (exact) mass is 521 g/mol. The lowest BCUT2D eigenvalue weighted by atomic mass is 10.0. The van der Waals surface area contributed by atoms with Gasteiger partial charge in [0.2, 0.25) is 0 Å². The molecule has 5 nitrogen and oxygen atoms in total. The van der Waals surface area contributed by atoms with Crippen LogP contribution in [0.25, 0.3) is 5.57 Å². The second kappa shape index (κ2) is 13.2. The predicted octanol–water partition coefficient (Wildman–Crippen LogP) is 5.39. The molecule has 1 fully saturated rings. The number of nitrogens with one attached hydrogen (secondary N) is 1. The molecule has 8 heteroatoms. The van der Waals surface area contributed by atoms with Crippen LogP contribution >= 0.6 is 30.3 Å². The topological polar surface area (TPSA) is 48.8 Å². The van der Waals surface area contributed by atoms with Crippen molar-refractivity contribution in [1.82, 2.24) is 9.21 Å². The van der Waals surface area contributed by atoms with E-state index in [9.17, 15) is 4.39 Å². The molecule has 0 spiro atoms. The Morgan fingerprint density at radius 1 is 1.32 bits per heavy atom. The zero-order chi connectivity index (χ0) is 21.1. The Labute approximate surface area is 184 Å². The Bertz CT molecular complexity index is 694. The van der Waals surface area contributed by atoms with Gasteiger partial charge >= 0.3 is 0 Å². The molecular formula is C20H29FIN3O2S. The van der Waals surface area contributed by atoms with E-state index in [1.165, 1.54) is 28.8 Å². The normalized spacial score (nSPS) is 16.6. The van der Waals surface area contributed by atoms with Gasteiger partial charge in [0.25, 0.3) is 0 Å². The molecule has 0 radical (unpaired) electrons. The molecule has 0 bridgehead atoms. The summed E-state index contributed by atoms with van der Waals surface area (Å²) in [7, 11) is 2.79. The van der Waals surface area contributed by atoms with Crippen LogP contribution in [0.4, 0.5) is 4.39 Å². The number of ether oxygens (including phenoxy) is 2. The number of amidine groups is 1. The Morgan fingerprint density at radius 2 is 1.96 bits per heavy atom. The molecule has 2 aliphatic heterocycles. The smallest absolute Gasteiger partial charge is 0.165 e. The summed E-state index contributed by atoms with van der Waals surface area (Å²) in [6.07, 6.45) is 1.76. The quantitative estimate of drug-likeness (QED) is 0.426. The molecule has 1 N–H and O–H groups in total. The fraction of sp³-hybridized carbons (Fsp3) is 0.450. The standard InChI is InChI=1S/C12H10FIN2OS.C6H13NO.C2H6/c1-7-9(6-16(18-14)12(7)15)8-4-3-5-10(13)11(8)17-2;1-2-7-3-5-8-6-4-7;1-2/h3-6,15H,1H2,2H3;2-6H2,1H3;1-2H3. The van der Waals surface area contributed by atoms with Crippen LogP contribution in [0.2, 0.25) is 0 Å². The predicted molar refractivity (Wildman–Crippen MR) is 126 cm³/mol. The van der Waals surface area contributed by atoms with Gasteiger partial charge in [0.05, 0.1) is 20.3 Å². The second-order valence-corrected chi connectivity index (χ2v) is 7.35. The Balaban J connectivity index is 0.000000327. The number of para-hydroxylation sites is 1. The summed E-state index contributed by atoms with van der Waals surface area (Å²) in [6, 6.07) is 4.72. The lowest BCUT2D eigenvalue weighted by Gasteiger charge is -2.24. The van der Waals surface area contributed by atoms with Crippen LogP contribution in [-0.2, 0) is 4.74 Å². The number of rotatable bonds is 4. The van der Waals surface area contributed by atoms with Crippen molar-refractivity contribution in [2.24, 2.45) is 0 Å². The van der Waals surface area contributed by atoms with E-state index in [1.54, 1.807) is 22.6 Å². The van der Waals surface area contributed by atoms with Gasteiger partial charge in [0, 0.05) is 66.3 Å². The van der Waals surface area contributed by atoms with Crippen molar-refractivity contribution >= 4 is 41.7 Å². The number of morpholine rings is 1. The first kappa shape index (κ1) is 24.9. The van der Waals surface area contributed by atoms with Gasteiger partial charge < -0.3 is 9.47 Å². The molecular weight excluding hydrogens is 492 g/mol. The number of halogens is 2. The number of hydrogen-bond acceptors (Lipinski definition) is 5. The Morgan fingerprint density at radius 3 is 2.43 bits per heavy atom. The molecule has 28 heavy (non-hydrogen) atoms. The summed E-state index contributed by atoms with van der Waals surface area (Å²) in [5, 5.41) is 7.89. The highest BCUT2D eigenvalue weighted by Crippen LogP contribution is 2.39. The number of likely N-dealkylation sites (N-methyl/N-ethyl adjacent to an activating group) is 1. The first-order valence-corrected chi connectivity index (χ1v) is 12.6. The molecule has 2 aliphatic rings. The van der Waals surface area contributed by atoms with Gasteiger partial charge in [-0.3, -0.25) is 14.6 Å². The van der Waals surface area contributed by atoms with Gasteiger partial charge in [-0.15, -0.1) is 0 Å². The molecule has 1 aromatic carbocycles. The van der Waals surface area contributed by atoms with Gasteiger partial charge in [-0.05, 0) is 12.6 Å². The van der Waals surface area contributed by atoms with Gasteiger partial charge in [-0.2, -0.15) is 0 Å². The van der Waals surface area contributed by atoms with Gasteiger partial charge in [-0.1, -0.05) is 39.5 Å². The summed E-state index contributed by atoms with van der Waals surface area (Å²) < 4.78 is 25.6. The molecule has 0 unspecified atom stereocenters. The number of nitrogens with zero attached hydrogens (tertiary/aromatic N) is 2. The summed E-state index contributed by atoms with van der Waals surface area (Å²) in [5.74, 6) is 0.0597. The van der Waals surface area contributed by atoms with Crippen molar-refractivity contribution < 1.29 is 13.9 Å². The van der Waals surface area contributed by atoms with E-state index in [-0.39, 0.29) is 5.75 Å². The van der Waals surface area contributed by atoms with Crippen LogP contribution in [0.5, 0.6) is 5.75 Å². The maximum atomic E-state index is 13.7. The van der Waals surface area contributed by atoms with Crippen LogP contribution in [0.15, 0.2) is 36.6 Å². The van der Waals surface area contributed by atoms with Crippen molar-refractivity contribution in [3.05, 3.63) is 47.9 Å². The van der Waals surface area contributed by atoms with E-state index in [4.69, 9.17) is 14.9 Å². The average Bonchev–Trinajstić information content (AvgIpc) is 3.04. The van der Waals surface area contributed by atoms with Crippen molar-refractivity contribution in [3.63, 3.8) is 0 Å². The third-order valence-corrected chi connectivity index (χ3v) is 5.87. The first-order valence-electron chi connectivity index (χ1n) is 9.24. The average molecular weight is 521 g/mol. The minimum atomic E-state index is -0.421. The lowest BCUT2D eigenvalue weighted by Crippen LogP contribution is -2.35. The van der Waals surface area contributed by atoms with E-state index in [1.807, 2.05) is 13.8 Å². The van der Waals surface area contributed by atoms with Crippen LogP contribution in [0.1, 0.15) is 26.3 Å². The van der Waals surface area contributed by atoms with Gasteiger partial charge in [0.15, 0.2) is 11.6 Å². The van der Waals surface area contributed by atoms with Crippen molar-refractivity contribution in [2.75, 3.05) is 40.0 Å². The van der Waals surface area contributed by atoms with Crippen LogP contribution < -0.4 is 4.74 Å². The maximum absolute atomic E-state index is 13.7. The third-order valence-electron chi connectivity index (χ3n) is 4.16. The highest BCUT2D eigenvalue weighted by Gasteiger charge is 2.26. The van der Waals surface area contributed by atoms with Crippen LogP contribution in [-0.4, -0.2) is 55.0 Å². The molecule has 0 aromatic heterocycles. The summed E-state index contributed by atoms with van der Waals surface area (Å²) in [6.45, 7) is 15.3. The Kier molecular flexibility index (Phi) is 11.7. The van der Waals surface area contributed by atoms with E-state index < -0.39 is 5.82 Å². The van der Waals surface area contributed by atoms with Gasteiger partial charge in [0.1, 0.15) is 5.84 Å². The number of methoxy groups -OCH3 is 1. The molecule has 3 rings (SSSR count). The Hall–Kier alpha value is -1.10. The van der Waals surface area contributed by atoms with Crippen LogP contribution in [0, 0.1) is 11.2 Å². The zero-order valence-corrected chi connectivity index (χ0v) is 19.9. The molecule has 0 atom stereocenters. The van der Waals surface area contributed by atoms with E-state index in [0.717, 1.165) is 26.3 Å². The maximum Gasteiger partial charge on any atom is 0.165 e. The highest BCUT2D eigenvalue weighted by molar-refractivity contribution is 14.2. The summed E-state index contributed by atoms with van der Waals surface area (Å²) in [5.41, 5.74) is 1.88. The summed E-state index contributed by atoms with van der Waals surface area (Å²) in [4.78, 5) is 2.39. The lowest BCUT2D eigenvalue weighted by molar-refractivity contribution is 0.0405. The largest absolute Gasteiger partial charge is 0.493 e. The second-order valence-electron chi connectivity index (χ2n) is 5.63. The van der Waals surface area contributed by atoms with E-state index in [2.05, 4.69) is 39.6 Å². The molecule has 156 valence electrons. The minimum absolute atomic E-state index is 0.179. The summed E-state index contributed by atoms with van der Waals surface area (Å²) >= 11 is 2.08. The fourth-order valence-corrected chi connectivity index (χ4v) is 3.91. The zero-order valence-electron chi connectivity index (χ0n) is 16.9. The van der Waals surface area contributed by atoms with E-state index in [0.29, 0.717) is 22.5 Å². The highest BCUT2D eigenvalue weighted by atomic mass is 127. The van der Waals surface area contributed by atoms with Crippen molar-refractivity contribution in [1.29, 1.82) is 5.41 Å². The molecule has 1 saturated heterocycles. The molecule has 1 aromatic rings. The first-order chi connectivity index (χ1) is 13.5. The fourth-order valence-electron chi connectivity index (χ4n) is 2.65. The molecule has 0 saturated carbocycles. The van der Waals surface area contributed by atoms with Crippen molar-refractivity contribution in [2.45, 2.75) is 20.8 Å².